The number of nitrogens with zero attached hydrogens (tertiary/aromatic N) is 1. The van der Waals surface area contributed by atoms with Crippen LogP contribution in [-0.2, 0) is 14.4 Å². The minimum atomic E-state index is -0.200. The van der Waals surface area contributed by atoms with Gasteiger partial charge in [-0.2, -0.15) is 0 Å². The van der Waals surface area contributed by atoms with Crippen molar-refractivity contribution < 1.29 is 14.4 Å². The maximum atomic E-state index is 10.9. The van der Waals surface area contributed by atoms with Crippen LogP contribution >= 0.6 is 0 Å². The third-order valence-electron chi connectivity index (χ3n) is 2.41. The van der Waals surface area contributed by atoms with Gasteiger partial charge in [-0.25, -0.2) is 5.06 Å². The molecule has 1 aliphatic heterocycles. The van der Waals surface area contributed by atoms with E-state index in [9.17, 15) is 4.79 Å². The molecule has 0 unspecified atom stereocenters. The van der Waals surface area contributed by atoms with Gasteiger partial charge in [-0.1, -0.05) is 18.2 Å². The van der Waals surface area contributed by atoms with E-state index in [1.54, 1.807) is 5.06 Å². The quantitative estimate of drug-likeness (QED) is 0.525. The molecular weight excluding hydrogens is 218 g/mol. The van der Waals surface area contributed by atoms with E-state index in [1.807, 2.05) is 19.2 Å². The molecule has 0 saturated carbocycles. The Morgan fingerprint density at radius 3 is 2.88 bits per heavy atom. The summed E-state index contributed by atoms with van der Waals surface area (Å²) < 4.78 is 4.56. The molecule has 0 bridgehead atoms. The molecule has 0 saturated heterocycles. The van der Waals surface area contributed by atoms with E-state index in [1.165, 1.54) is 12.7 Å². The van der Waals surface area contributed by atoms with Crippen LogP contribution in [0.4, 0.5) is 0 Å². The molecule has 1 aliphatic rings. The smallest absolute Gasteiger partial charge is 0.305 e. The van der Waals surface area contributed by atoms with E-state index >= 15 is 0 Å². The lowest BCUT2D eigenvalue weighted by Gasteiger charge is -2.22. The number of ether oxygens (including phenoxy) is 1. The van der Waals surface area contributed by atoms with Gasteiger partial charge >= 0.3 is 5.97 Å². The fourth-order valence-corrected chi connectivity index (χ4v) is 1.37. The first-order valence-electron chi connectivity index (χ1n) is 5.66. The van der Waals surface area contributed by atoms with E-state index in [0.717, 1.165) is 6.54 Å². The molecule has 0 fully saturated rings. The normalized spacial score (nSPS) is 14.2. The molecule has 0 aromatic carbocycles. The van der Waals surface area contributed by atoms with Crippen molar-refractivity contribution in [3.63, 3.8) is 0 Å². The minimum absolute atomic E-state index is 0.200. The Morgan fingerprint density at radius 1 is 1.53 bits per heavy atom. The molecule has 0 aliphatic carbocycles. The number of hydrogen-bond donors (Lipinski definition) is 0. The number of hydroxylamine groups is 2. The Kier molecular flexibility index (Phi) is 5.33. The first kappa shape index (κ1) is 13.4. The highest BCUT2D eigenvalue weighted by molar-refractivity contribution is 5.69. The Morgan fingerprint density at radius 2 is 2.29 bits per heavy atom. The topological polar surface area (TPSA) is 38.8 Å². The molecule has 0 radical (unpaired) electrons. The molecule has 0 aromatic heterocycles. The summed E-state index contributed by atoms with van der Waals surface area (Å²) in [5, 5.41) is 1.72. The van der Waals surface area contributed by atoms with Gasteiger partial charge in [0.15, 0.2) is 0 Å². The highest BCUT2D eigenvalue weighted by Gasteiger charge is 2.06. The predicted molar refractivity (Wildman–Crippen MR) is 65.7 cm³/mol. The number of allylic oxidation sites excluding steroid dienone is 3. The summed E-state index contributed by atoms with van der Waals surface area (Å²) in [5.41, 5.74) is 1.22. The van der Waals surface area contributed by atoms with Crippen LogP contribution in [0.1, 0.15) is 26.2 Å². The number of esters is 1. The summed E-state index contributed by atoms with van der Waals surface area (Å²) in [6.45, 7) is 6.58. The first-order chi connectivity index (χ1) is 8.11. The van der Waals surface area contributed by atoms with E-state index in [-0.39, 0.29) is 5.97 Å². The molecule has 1 rings (SSSR count). The number of methoxy groups -OCH3 is 1. The summed E-state index contributed by atoms with van der Waals surface area (Å²) >= 11 is 0. The second-order valence-corrected chi connectivity index (χ2v) is 3.92. The van der Waals surface area contributed by atoms with E-state index in [0.29, 0.717) is 25.0 Å². The van der Waals surface area contributed by atoms with Crippen LogP contribution in [0.3, 0.4) is 0 Å². The van der Waals surface area contributed by atoms with Crippen molar-refractivity contribution in [2.45, 2.75) is 26.2 Å². The van der Waals surface area contributed by atoms with Crippen molar-refractivity contribution in [2.24, 2.45) is 0 Å². The number of hydrogen-bond acceptors (Lipinski definition) is 4. The minimum Gasteiger partial charge on any atom is -0.469 e. The van der Waals surface area contributed by atoms with E-state index in [4.69, 9.17) is 4.84 Å². The second-order valence-electron chi connectivity index (χ2n) is 3.92. The van der Waals surface area contributed by atoms with Gasteiger partial charge < -0.3 is 9.57 Å². The molecule has 17 heavy (non-hydrogen) atoms. The largest absolute Gasteiger partial charge is 0.469 e. The molecule has 0 atom stereocenters. The lowest BCUT2D eigenvalue weighted by atomic mass is 10.2. The summed E-state index contributed by atoms with van der Waals surface area (Å²) in [5.74, 6) is 0.459. The SMILES string of the molecule is C=C(CCCC(=O)OC)ON1C=CC(C)=CC1. The van der Waals surface area contributed by atoms with Crippen LogP contribution in [0.25, 0.3) is 0 Å². The van der Waals surface area contributed by atoms with Crippen LogP contribution in [0.5, 0.6) is 0 Å². The number of carbonyl (C=O) groups excluding carboxylic acids is 1. The monoisotopic (exact) mass is 237 g/mol. The molecule has 1 heterocycles. The average Bonchev–Trinajstić information content (AvgIpc) is 2.32. The maximum absolute atomic E-state index is 10.9. The number of rotatable bonds is 6. The predicted octanol–water partition coefficient (Wildman–Crippen LogP) is 2.55. The van der Waals surface area contributed by atoms with E-state index in [2.05, 4.69) is 17.4 Å². The maximum Gasteiger partial charge on any atom is 0.305 e. The fraction of sp³-hybridized carbons (Fsp3) is 0.462. The van der Waals surface area contributed by atoms with E-state index < -0.39 is 0 Å². The molecule has 0 amide bonds. The molecule has 94 valence electrons. The van der Waals surface area contributed by atoms with Crippen LogP contribution in [0.15, 0.2) is 36.3 Å². The zero-order valence-corrected chi connectivity index (χ0v) is 10.4. The van der Waals surface area contributed by atoms with Gasteiger partial charge in [0.25, 0.3) is 0 Å². The Labute approximate surface area is 102 Å². The van der Waals surface area contributed by atoms with Crippen molar-refractivity contribution in [3.8, 4) is 0 Å². The molecule has 0 N–H and O–H groups in total. The van der Waals surface area contributed by atoms with Crippen molar-refractivity contribution in [3.05, 3.63) is 36.3 Å². The fourth-order valence-electron chi connectivity index (χ4n) is 1.37. The second kappa shape index (κ2) is 6.78. The van der Waals surface area contributed by atoms with Gasteiger partial charge in [0.1, 0.15) is 5.76 Å². The van der Waals surface area contributed by atoms with Crippen LogP contribution in [-0.4, -0.2) is 24.7 Å². The summed E-state index contributed by atoms with van der Waals surface area (Å²) in [4.78, 5) is 16.4. The van der Waals surface area contributed by atoms with Crippen molar-refractivity contribution in [1.29, 1.82) is 0 Å². The van der Waals surface area contributed by atoms with Gasteiger partial charge in [0.2, 0.25) is 0 Å². The van der Waals surface area contributed by atoms with Gasteiger partial charge in [-0.3, -0.25) is 4.79 Å². The molecular formula is C13H19NO3. The lowest BCUT2D eigenvalue weighted by molar-refractivity contribution is -0.140. The third-order valence-corrected chi connectivity index (χ3v) is 2.41. The molecule has 4 nitrogen and oxygen atoms in total. The molecule has 4 heteroatoms. The van der Waals surface area contributed by atoms with Gasteiger partial charge in [0.05, 0.1) is 13.7 Å². The Bertz CT molecular complexity index is 345. The van der Waals surface area contributed by atoms with Crippen LogP contribution in [0.2, 0.25) is 0 Å². The molecule has 0 aromatic rings. The van der Waals surface area contributed by atoms with Crippen LogP contribution < -0.4 is 0 Å². The zero-order valence-electron chi connectivity index (χ0n) is 10.4. The van der Waals surface area contributed by atoms with Crippen molar-refractivity contribution >= 4 is 5.97 Å². The zero-order chi connectivity index (χ0) is 12.7. The summed E-state index contributed by atoms with van der Waals surface area (Å²) in [6.07, 6.45) is 7.67. The third kappa shape index (κ3) is 5.24. The molecule has 0 spiro atoms. The standard InChI is InChI=1S/C13H19NO3/c1-11-7-9-14(10-8-11)17-12(2)5-4-6-13(15)16-3/h7-9H,2,4-6,10H2,1,3H3. The van der Waals surface area contributed by atoms with Crippen molar-refractivity contribution in [1.82, 2.24) is 5.06 Å². The Hall–Kier alpha value is -1.71. The van der Waals surface area contributed by atoms with Gasteiger partial charge in [-0.15, -0.1) is 0 Å². The van der Waals surface area contributed by atoms with Gasteiger partial charge in [0, 0.05) is 19.0 Å². The summed E-state index contributed by atoms with van der Waals surface area (Å²) in [7, 11) is 1.39. The highest BCUT2D eigenvalue weighted by Crippen LogP contribution is 2.13. The Balaban J connectivity index is 2.18. The van der Waals surface area contributed by atoms with Gasteiger partial charge in [-0.05, 0) is 19.4 Å². The average molecular weight is 237 g/mol. The first-order valence-corrected chi connectivity index (χ1v) is 5.66. The lowest BCUT2D eigenvalue weighted by Crippen LogP contribution is -2.19. The highest BCUT2D eigenvalue weighted by atomic mass is 16.7. The van der Waals surface area contributed by atoms with Crippen LogP contribution in [0, 0.1) is 0 Å². The summed E-state index contributed by atoms with van der Waals surface area (Å²) in [6, 6.07) is 0. The van der Waals surface area contributed by atoms with Crippen molar-refractivity contribution in [2.75, 3.05) is 13.7 Å². The number of carbonyl (C=O) groups is 1.